The van der Waals surface area contributed by atoms with Crippen LogP contribution >= 0.6 is 0 Å². The fourth-order valence-electron chi connectivity index (χ4n) is 3.20. The van der Waals surface area contributed by atoms with Gasteiger partial charge >= 0.3 is 6.18 Å². The van der Waals surface area contributed by atoms with E-state index in [0.29, 0.717) is 17.7 Å². The van der Waals surface area contributed by atoms with Gasteiger partial charge in [0.05, 0.1) is 22.5 Å². The van der Waals surface area contributed by atoms with Crippen molar-refractivity contribution in [3.63, 3.8) is 0 Å². The van der Waals surface area contributed by atoms with Gasteiger partial charge < -0.3 is 5.73 Å². The number of H-pyrrole nitrogens is 1. The summed E-state index contributed by atoms with van der Waals surface area (Å²) in [5.74, 6) is 0.167. The van der Waals surface area contributed by atoms with Crippen molar-refractivity contribution in [3.05, 3.63) is 52.8 Å². The van der Waals surface area contributed by atoms with Gasteiger partial charge in [-0.1, -0.05) is 26.0 Å². The fraction of sp³-hybridized carbons (Fsp3) is 0.238. The van der Waals surface area contributed by atoms with E-state index in [1.165, 1.54) is 12.1 Å². The van der Waals surface area contributed by atoms with Crippen LogP contribution in [-0.4, -0.2) is 15.2 Å². The molecule has 152 valence electrons. The predicted molar refractivity (Wildman–Crippen MR) is 105 cm³/mol. The Morgan fingerprint density at radius 2 is 1.73 bits per heavy atom. The lowest BCUT2D eigenvalue weighted by Crippen LogP contribution is -2.06. The number of nitrogens with zero attached hydrogens (tertiary/aromatic N) is 4. The zero-order chi connectivity index (χ0) is 22.1. The van der Waals surface area contributed by atoms with E-state index in [9.17, 15) is 23.7 Å². The number of nitrogens with two attached hydrogens (primary N) is 1. The van der Waals surface area contributed by atoms with Crippen molar-refractivity contribution in [1.82, 2.24) is 15.2 Å². The summed E-state index contributed by atoms with van der Waals surface area (Å²) in [5.41, 5.74) is 7.02. The molecular formula is C21H17F3N6. The van der Waals surface area contributed by atoms with E-state index < -0.39 is 11.7 Å². The van der Waals surface area contributed by atoms with Gasteiger partial charge in [0.2, 0.25) is 0 Å². The van der Waals surface area contributed by atoms with E-state index in [4.69, 9.17) is 5.73 Å². The summed E-state index contributed by atoms with van der Waals surface area (Å²) in [6, 6.07) is 8.19. The van der Waals surface area contributed by atoms with Crippen LogP contribution in [-0.2, 0) is 12.6 Å². The van der Waals surface area contributed by atoms with Gasteiger partial charge in [-0.2, -0.15) is 28.8 Å². The highest BCUT2D eigenvalue weighted by Gasteiger charge is 2.30. The van der Waals surface area contributed by atoms with Gasteiger partial charge in [0.1, 0.15) is 23.5 Å². The van der Waals surface area contributed by atoms with Crippen LogP contribution in [0.5, 0.6) is 0 Å². The molecule has 0 fully saturated rings. The molecule has 1 aromatic carbocycles. The first kappa shape index (κ1) is 20.9. The number of nitrogen functional groups attached to an aromatic ring is 1. The normalized spacial score (nSPS) is 11.3. The second kappa shape index (κ2) is 7.88. The highest BCUT2D eigenvalue weighted by Crippen LogP contribution is 2.38. The van der Waals surface area contributed by atoms with Crippen molar-refractivity contribution >= 4 is 5.82 Å². The molecule has 3 aromatic rings. The smallest absolute Gasteiger partial charge is 0.383 e. The monoisotopic (exact) mass is 410 g/mol. The molecule has 2 aromatic heterocycles. The molecule has 30 heavy (non-hydrogen) atoms. The highest BCUT2D eigenvalue weighted by molar-refractivity contribution is 5.87. The van der Waals surface area contributed by atoms with Crippen LogP contribution in [0.4, 0.5) is 19.0 Å². The first-order valence-corrected chi connectivity index (χ1v) is 9.01. The minimum absolute atomic E-state index is 0.0481. The topological polar surface area (TPSA) is 115 Å². The number of aromatic nitrogens is 3. The Bertz CT molecular complexity index is 1160. The van der Waals surface area contributed by atoms with Gasteiger partial charge in [-0.25, -0.2) is 4.98 Å². The van der Waals surface area contributed by atoms with E-state index in [0.717, 1.165) is 12.1 Å². The SMILES string of the molecule is CC(C)Cc1n[nH]cc1-c1nc(N)c(C#N)c(-c2ccc(C(F)(F)F)cc2)c1C#N. The van der Waals surface area contributed by atoms with Gasteiger partial charge in [-0.05, 0) is 30.0 Å². The van der Waals surface area contributed by atoms with Crippen molar-refractivity contribution in [2.75, 3.05) is 5.73 Å². The Hall–Kier alpha value is -3.85. The molecule has 0 spiro atoms. The van der Waals surface area contributed by atoms with Gasteiger partial charge in [0.15, 0.2) is 0 Å². The number of alkyl halides is 3. The number of nitrogens with one attached hydrogen (secondary N) is 1. The molecule has 0 aliphatic rings. The van der Waals surface area contributed by atoms with E-state index in [1.807, 2.05) is 26.0 Å². The molecule has 0 aliphatic heterocycles. The molecule has 3 rings (SSSR count). The van der Waals surface area contributed by atoms with Crippen LogP contribution in [0.1, 0.15) is 36.2 Å². The molecule has 0 amide bonds. The largest absolute Gasteiger partial charge is 0.416 e. The van der Waals surface area contributed by atoms with Crippen molar-refractivity contribution in [3.8, 4) is 34.5 Å². The molecule has 3 N–H and O–H groups in total. The van der Waals surface area contributed by atoms with E-state index in [-0.39, 0.29) is 39.7 Å². The number of pyridine rings is 1. The molecule has 0 atom stereocenters. The number of nitriles is 2. The maximum absolute atomic E-state index is 12.9. The summed E-state index contributed by atoms with van der Waals surface area (Å²) in [6.45, 7) is 4.02. The molecule has 0 bridgehead atoms. The number of benzene rings is 1. The number of anilines is 1. The average molecular weight is 410 g/mol. The van der Waals surface area contributed by atoms with Crippen LogP contribution in [0.3, 0.4) is 0 Å². The minimum Gasteiger partial charge on any atom is -0.383 e. The van der Waals surface area contributed by atoms with Gasteiger partial charge in [-0.3, -0.25) is 5.10 Å². The number of aromatic amines is 1. The van der Waals surface area contributed by atoms with Crippen LogP contribution in [0.25, 0.3) is 22.4 Å². The van der Waals surface area contributed by atoms with E-state index in [2.05, 4.69) is 15.2 Å². The van der Waals surface area contributed by atoms with Crippen LogP contribution in [0.15, 0.2) is 30.5 Å². The summed E-state index contributed by atoms with van der Waals surface area (Å²) in [5, 5.41) is 26.4. The van der Waals surface area contributed by atoms with E-state index in [1.54, 1.807) is 6.20 Å². The summed E-state index contributed by atoms with van der Waals surface area (Å²) >= 11 is 0. The van der Waals surface area contributed by atoms with Crippen LogP contribution in [0, 0.1) is 28.6 Å². The van der Waals surface area contributed by atoms with Crippen molar-refractivity contribution in [2.24, 2.45) is 5.92 Å². The molecule has 6 nitrogen and oxygen atoms in total. The molecule has 2 heterocycles. The van der Waals surface area contributed by atoms with Crippen molar-refractivity contribution in [1.29, 1.82) is 10.5 Å². The number of hydrogen-bond donors (Lipinski definition) is 2. The number of halogens is 3. The highest BCUT2D eigenvalue weighted by atomic mass is 19.4. The lowest BCUT2D eigenvalue weighted by Gasteiger charge is -2.14. The molecule has 0 unspecified atom stereocenters. The second-order valence-corrected chi connectivity index (χ2v) is 7.11. The maximum Gasteiger partial charge on any atom is 0.416 e. The first-order chi connectivity index (χ1) is 14.2. The molecule has 0 saturated heterocycles. The Labute approximate surface area is 170 Å². The van der Waals surface area contributed by atoms with Crippen molar-refractivity contribution in [2.45, 2.75) is 26.4 Å². The standard InChI is InChI=1S/C21H17F3N6/c1-11(2)7-17-16(10-28-30-17)19-14(8-25)18(15(9-26)20(27)29-19)12-3-5-13(6-4-12)21(22,23)24/h3-6,10-11H,7H2,1-2H3,(H2,27,29)(H,28,30). The predicted octanol–water partition coefficient (Wildman–Crippen LogP) is 4.68. The third-order valence-electron chi connectivity index (χ3n) is 4.53. The summed E-state index contributed by atoms with van der Waals surface area (Å²) in [6.07, 6.45) is -2.30. The third-order valence-corrected chi connectivity index (χ3v) is 4.53. The van der Waals surface area contributed by atoms with Crippen LogP contribution in [0.2, 0.25) is 0 Å². The zero-order valence-electron chi connectivity index (χ0n) is 16.2. The molecule has 0 saturated carbocycles. The first-order valence-electron chi connectivity index (χ1n) is 9.01. The minimum atomic E-state index is -4.50. The van der Waals surface area contributed by atoms with E-state index >= 15 is 0 Å². The fourth-order valence-corrected chi connectivity index (χ4v) is 3.20. The third kappa shape index (κ3) is 3.83. The zero-order valence-corrected chi connectivity index (χ0v) is 16.2. The number of rotatable bonds is 4. The molecule has 9 heteroatoms. The quantitative estimate of drug-likeness (QED) is 0.648. The van der Waals surface area contributed by atoms with Gasteiger partial charge in [-0.15, -0.1) is 0 Å². The second-order valence-electron chi connectivity index (χ2n) is 7.11. The Balaban J connectivity index is 2.28. The Kier molecular flexibility index (Phi) is 5.48. The van der Waals surface area contributed by atoms with Crippen molar-refractivity contribution < 1.29 is 13.2 Å². The molecule has 0 aliphatic carbocycles. The van der Waals surface area contributed by atoms with Gasteiger partial charge in [0, 0.05) is 17.3 Å². The molecular weight excluding hydrogens is 393 g/mol. The summed E-state index contributed by atoms with van der Waals surface area (Å²) < 4.78 is 38.8. The summed E-state index contributed by atoms with van der Waals surface area (Å²) in [4.78, 5) is 4.26. The average Bonchev–Trinajstić information content (AvgIpc) is 3.13. The Morgan fingerprint density at radius 1 is 1.10 bits per heavy atom. The maximum atomic E-state index is 12.9. The molecule has 0 radical (unpaired) electrons. The van der Waals surface area contributed by atoms with Gasteiger partial charge in [0.25, 0.3) is 0 Å². The lowest BCUT2D eigenvalue weighted by molar-refractivity contribution is -0.137. The van der Waals surface area contributed by atoms with Crippen LogP contribution < -0.4 is 5.73 Å². The lowest BCUT2D eigenvalue weighted by atomic mass is 9.91. The summed E-state index contributed by atoms with van der Waals surface area (Å²) in [7, 11) is 0. The number of hydrogen-bond acceptors (Lipinski definition) is 5. The Morgan fingerprint density at radius 3 is 2.27 bits per heavy atom.